The van der Waals surface area contributed by atoms with E-state index in [-0.39, 0.29) is 0 Å². The van der Waals surface area contributed by atoms with Gasteiger partial charge >= 0.3 is 0 Å². The van der Waals surface area contributed by atoms with Crippen LogP contribution in [0.4, 0.5) is 0 Å². The molecule has 0 aliphatic carbocycles. The van der Waals surface area contributed by atoms with Crippen LogP contribution >= 0.6 is 15.9 Å². The monoisotopic (exact) mass is 333 g/mol. The first-order valence-corrected chi connectivity index (χ1v) is 8.05. The number of aromatic nitrogens is 2. The summed E-state index contributed by atoms with van der Waals surface area (Å²) in [6.07, 6.45) is 4.46. The summed E-state index contributed by atoms with van der Waals surface area (Å²) >= 11 is 3.59. The predicted octanol–water partition coefficient (Wildman–Crippen LogP) is 3.46. The molecule has 2 heterocycles. The summed E-state index contributed by atoms with van der Waals surface area (Å²) in [5.41, 5.74) is 12.2. The van der Waals surface area contributed by atoms with Crippen LogP contribution in [0.2, 0.25) is 0 Å². The molecule has 3 nitrogen and oxygen atoms in total. The zero-order valence-corrected chi connectivity index (χ0v) is 13.4. The fourth-order valence-corrected chi connectivity index (χ4v) is 3.39. The molecule has 4 heteroatoms. The molecule has 0 fully saturated rings. The van der Waals surface area contributed by atoms with Gasteiger partial charge in [0.2, 0.25) is 0 Å². The van der Waals surface area contributed by atoms with Crippen LogP contribution in [0.5, 0.6) is 0 Å². The molecule has 2 N–H and O–H groups in total. The Hall–Kier alpha value is -1.13. The topological polar surface area (TPSA) is 43.8 Å². The molecule has 1 aliphatic rings. The minimum Gasteiger partial charge on any atom is -0.330 e. The molecule has 1 aromatic carbocycles. The number of fused-ring (bicyclic) bond motifs is 1. The van der Waals surface area contributed by atoms with Gasteiger partial charge in [0.1, 0.15) is 0 Å². The molecule has 1 aromatic heterocycles. The van der Waals surface area contributed by atoms with E-state index in [1.54, 1.807) is 0 Å². The van der Waals surface area contributed by atoms with Gasteiger partial charge in [-0.05, 0) is 56.0 Å². The number of benzene rings is 1. The minimum absolute atomic E-state index is 0.649. The Labute approximate surface area is 128 Å². The van der Waals surface area contributed by atoms with Crippen molar-refractivity contribution in [2.24, 2.45) is 5.73 Å². The lowest BCUT2D eigenvalue weighted by Gasteiger charge is -2.16. The number of halogens is 1. The molecule has 0 spiro atoms. The van der Waals surface area contributed by atoms with Crippen LogP contribution < -0.4 is 5.73 Å². The van der Waals surface area contributed by atoms with Crippen molar-refractivity contribution in [3.8, 4) is 11.1 Å². The first kappa shape index (κ1) is 13.8. The molecule has 0 bridgehead atoms. The van der Waals surface area contributed by atoms with Gasteiger partial charge in [0.25, 0.3) is 0 Å². The minimum atomic E-state index is 0.649. The van der Waals surface area contributed by atoms with Crippen LogP contribution in [0, 0.1) is 6.92 Å². The van der Waals surface area contributed by atoms with Gasteiger partial charge < -0.3 is 5.73 Å². The fourth-order valence-electron chi connectivity index (χ4n) is 3.03. The summed E-state index contributed by atoms with van der Waals surface area (Å²) in [7, 11) is 0. The highest BCUT2D eigenvalue weighted by Gasteiger charge is 2.22. The van der Waals surface area contributed by atoms with Crippen molar-refractivity contribution < 1.29 is 0 Å². The zero-order chi connectivity index (χ0) is 14.1. The molecule has 20 heavy (non-hydrogen) atoms. The SMILES string of the molecule is Cc1ccc(Br)cc1-c1c(CCN)nn2c1CCCC2. The van der Waals surface area contributed by atoms with Crippen LogP contribution in [0.25, 0.3) is 11.1 Å². The average Bonchev–Trinajstić information content (AvgIpc) is 2.80. The second-order valence-corrected chi connectivity index (χ2v) is 6.36. The van der Waals surface area contributed by atoms with Crippen LogP contribution in [-0.2, 0) is 19.4 Å². The van der Waals surface area contributed by atoms with Gasteiger partial charge in [0.05, 0.1) is 5.69 Å². The van der Waals surface area contributed by atoms with Gasteiger partial charge in [-0.25, -0.2) is 0 Å². The van der Waals surface area contributed by atoms with Crippen molar-refractivity contribution in [3.05, 3.63) is 39.6 Å². The number of rotatable bonds is 3. The van der Waals surface area contributed by atoms with Crippen LogP contribution in [0.1, 0.15) is 29.8 Å². The van der Waals surface area contributed by atoms with E-state index >= 15 is 0 Å². The fraction of sp³-hybridized carbons (Fsp3) is 0.438. The van der Waals surface area contributed by atoms with Gasteiger partial charge in [0, 0.05) is 28.7 Å². The van der Waals surface area contributed by atoms with Gasteiger partial charge in [0.15, 0.2) is 0 Å². The lowest BCUT2D eigenvalue weighted by molar-refractivity contribution is 0.484. The summed E-state index contributed by atoms with van der Waals surface area (Å²) < 4.78 is 3.32. The maximum absolute atomic E-state index is 5.77. The lowest BCUT2D eigenvalue weighted by atomic mass is 9.94. The summed E-state index contributed by atoms with van der Waals surface area (Å²) in [4.78, 5) is 0. The lowest BCUT2D eigenvalue weighted by Crippen LogP contribution is -2.11. The van der Waals surface area contributed by atoms with E-state index in [9.17, 15) is 0 Å². The summed E-state index contributed by atoms with van der Waals surface area (Å²) in [6, 6.07) is 6.47. The normalized spacial score (nSPS) is 14.3. The Morgan fingerprint density at radius 2 is 2.20 bits per heavy atom. The van der Waals surface area contributed by atoms with E-state index in [0.29, 0.717) is 6.54 Å². The quantitative estimate of drug-likeness (QED) is 0.934. The van der Waals surface area contributed by atoms with Gasteiger partial charge in [-0.2, -0.15) is 5.10 Å². The number of hydrogen-bond donors (Lipinski definition) is 1. The van der Waals surface area contributed by atoms with E-state index in [0.717, 1.165) is 29.6 Å². The van der Waals surface area contributed by atoms with E-state index in [1.807, 2.05) is 0 Å². The Morgan fingerprint density at radius 1 is 1.35 bits per heavy atom. The molecule has 0 amide bonds. The number of aryl methyl sites for hydroxylation is 2. The number of hydrogen-bond acceptors (Lipinski definition) is 2. The van der Waals surface area contributed by atoms with Gasteiger partial charge in [-0.3, -0.25) is 4.68 Å². The maximum atomic E-state index is 5.77. The Balaban J connectivity index is 2.20. The van der Waals surface area contributed by atoms with E-state index in [2.05, 4.69) is 45.7 Å². The molecule has 0 atom stereocenters. The molecule has 106 valence electrons. The van der Waals surface area contributed by atoms with Crippen molar-refractivity contribution in [1.29, 1.82) is 0 Å². The third-order valence-corrected chi connectivity index (χ3v) is 4.51. The molecule has 2 aromatic rings. The van der Waals surface area contributed by atoms with Crippen molar-refractivity contribution >= 4 is 15.9 Å². The van der Waals surface area contributed by atoms with E-state index < -0.39 is 0 Å². The van der Waals surface area contributed by atoms with Crippen molar-refractivity contribution in [3.63, 3.8) is 0 Å². The highest BCUT2D eigenvalue weighted by Crippen LogP contribution is 2.35. The Bertz CT molecular complexity index is 631. The Morgan fingerprint density at radius 3 is 3.00 bits per heavy atom. The van der Waals surface area contributed by atoms with E-state index in [1.165, 1.54) is 35.2 Å². The molecule has 0 unspecified atom stereocenters. The first-order valence-electron chi connectivity index (χ1n) is 7.26. The molecular formula is C16H20BrN3. The van der Waals surface area contributed by atoms with Crippen LogP contribution in [-0.4, -0.2) is 16.3 Å². The summed E-state index contributed by atoms with van der Waals surface area (Å²) in [5.74, 6) is 0. The highest BCUT2D eigenvalue weighted by atomic mass is 79.9. The molecular weight excluding hydrogens is 314 g/mol. The molecule has 3 rings (SSSR count). The maximum Gasteiger partial charge on any atom is 0.0718 e. The molecule has 0 saturated heterocycles. The van der Waals surface area contributed by atoms with E-state index in [4.69, 9.17) is 10.8 Å². The van der Waals surface area contributed by atoms with Crippen LogP contribution in [0.3, 0.4) is 0 Å². The van der Waals surface area contributed by atoms with Crippen LogP contribution in [0.15, 0.2) is 22.7 Å². The molecule has 1 aliphatic heterocycles. The predicted molar refractivity (Wildman–Crippen MR) is 85.8 cm³/mol. The largest absolute Gasteiger partial charge is 0.330 e. The van der Waals surface area contributed by atoms with Crippen molar-refractivity contribution in [2.75, 3.05) is 6.54 Å². The average molecular weight is 334 g/mol. The first-order chi connectivity index (χ1) is 9.70. The third kappa shape index (κ3) is 2.42. The third-order valence-electron chi connectivity index (χ3n) is 4.01. The number of nitrogens with zero attached hydrogens (tertiary/aromatic N) is 2. The highest BCUT2D eigenvalue weighted by molar-refractivity contribution is 9.10. The van der Waals surface area contributed by atoms with Gasteiger partial charge in [-0.15, -0.1) is 0 Å². The standard InChI is InChI=1S/C16H20BrN3/c1-11-5-6-12(17)10-13(11)16-14(7-8-18)19-20-9-3-2-4-15(16)20/h5-6,10H,2-4,7-9,18H2,1H3. The van der Waals surface area contributed by atoms with Crippen molar-refractivity contribution in [1.82, 2.24) is 9.78 Å². The second-order valence-electron chi connectivity index (χ2n) is 5.45. The Kier molecular flexibility index (Phi) is 3.94. The smallest absolute Gasteiger partial charge is 0.0718 e. The molecule has 0 radical (unpaired) electrons. The molecule has 0 saturated carbocycles. The van der Waals surface area contributed by atoms with Crippen molar-refractivity contribution in [2.45, 2.75) is 39.2 Å². The second kappa shape index (κ2) is 5.70. The summed E-state index contributed by atoms with van der Waals surface area (Å²) in [6.45, 7) is 3.86. The zero-order valence-electron chi connectivity index (χ0n) is 11.8. The van der Waals surface area contributed by atoms with Gasteiger partial charge in [-0.1, -0.05) is 22.0 Å². The summed E-state index contributed by atoms with van der Waals surface area (Å²) in [5, 5.41) is 4.81. The number of nitrogens with two attached hydrogens (primary N) is 1.